The Hall–Kier alpha value is -0.380. The van der Waals surface area contributed by atoms with E-state index >= 15 is 0 Å². The lowest BCUT2D eigenvalue weighted by atomic mass is 10.0. The highest BCUT2D eigenvalue weighted by Crippen LogP contribution is 2.33. The van der Waals surface area contributed by atoms with Crippen LogP contribution in [-0.4, -0.2) is 19.3 Å². The summed E-state index contributed by atoms with van der Waals surface area (Å²) in [7, 11) is 0. The third kappa shape index (κ3) is 2.56. The van der Waals surface area contributed by atoms with Crippen molar-refractivity contribution in [3.8, 4) is 0 Å². The van der Waals surface area contributed by atoms with Gasteiger partial charge < -0.3 is 10.1 Å². The Bertz CT molecular complexity index is 401. The number of ether oxygens (including phenoxy) is 1. The zero-order chi connectivity index (χ0) is 11.7. The van der Waals surface area contributed by atoms with Crippen LogP contribution >= 0.6 is 15.9 Å². The van der Waals surface area contributed by atoms with Crippen LogP contribution in [0.15, 0.2) is 22.7 Å². The number of fused-ring (bicyclic) bond motifs is 1. The maximum atomic E-state index is 5.40. The van der Waals surface area contributed by atoms with Crippen molar-refractivity contribution in [1.82, 2.24) is 5.32 Å². The first kappa shape index (κ1) is 11.7. The quantitative estimate of drug-likeness (QED) is 0.905. The van der Waals surface area contributed by atoms with Crippen LogP contribution < -0.4 is 5.32 Å². The monoisotopic (exact) mass is 295 g/mol. The fraction of sp³-hybridized carbons (Fsp3) is 0.571. The van der Waals surface area contributed by atoms with Gasteiger partial charge in [-0.2, -0.15) is 0 Å². The van der Waals surface area contributed by atoms with Crippen LogP contribution in [0.3, 0.4) is 0 Å². The van der Waals surface area contributed by atoms with E-state index < -0.39 is 0 Å². The fourth-order valence-electron chi connectivity index (χ4n) is 2.91. The molecule has 0 bridgehead atoms. The van der Waals surface area contributed by atoms with E-state index in [-0.39, 0.29) is 0 Å². The number of hydrogen-bond donors (Lipinski definition) is 1. The largest absolute Gasteiger partial charge is 0.381 e. The second-order valence-corrected chi connectivity index (χ2v) is 5.90. The molecule has 0 saturated carbocycles. The predicted octanol–water partition coefficient (Wildman–Crippen LogP) is 3.21. The van der Waals surface area contributed by atoms with Crippen LogP contribution in [0.25, 0.3) is 0 Å². The lowest BCUT2D eigenvalue weighted by Crippen LogP contribution is -2.36. The first-order valence-corrected chi connectivity index (χ1v) is 7.24. The molecule has 1 aliphatic carbocycles. The number of nitrogens with one attached hydrogen (secondary N) is 1. The van der Waals surface area contributed by atoms with Crippen LogP contribution in [0, 0.1) is 0 Å². The van der Waals surface area contributed by atoms with Crippen LogP contribution in [0.5, 0.6) is 0 Å². The molecule has 3 rings (SSSR count). The molecular weight excluding hydrogens is 278 g/mol. The van der Waals surface area contributed by atoms with E-state index in [9.17, 15) is 0 Å². The molecule has 1 unspecified atom stereocenters. The van der Waals surface area contributed by atoms with E-state index in [1.165, 1.54) is 28.4 Å². The zero-order valence-electron chi connectivity index (χ0n) is 9.92. The molecule has 0 aromatic heterocycles. The van der Waals surface area contributed by atoms with Crippen LogP contribution in [0.4, 0.5) is 0 Å². The molecule has 1 N–H and O–H groups in total. The lowest BCUT2D eigenvalue weighted by Gasteiger charge is -2.27. The van der Waals surface area contributed by atoms with Crippen LogP contribution in [-0.2, 0) is 11.2 Å². The van der Waals surface area contributed by atoms with Gasteiger partial charge in [-0.25, -0.2) is 0 Å². The molecule has 1 aliphatic heterocycles. The number of rotatable bonds is 2. The van der Waals surface area contributed by atoms with Gasteiger partial charge in [0.25, 0.3) is 0 Å². The Morgan fingerprint density at radius 2 is 2.00 bits per heavy atom. The summed E-state index contributed by atoms with van der Waals surface area (Å²) in [6.07, 6.45) is 4.75. The summed E-state index contributed by atoms with van der Waals surface area (Å²) >= 11 is 3.55. The van der Waals surface area contributed by atoms with Gasteiger partial charge in [-0.1, -0.05) is 22.0 Å². The molecule has 2 aliphatic rings. The molecule has 1 atom stereocenters. The summed E-state index contributed by atoms with van der Waals surface area (Å²) in [5.74, 6) is 0. The van der Waals surface area contributed by atoms with Crippen LogP contribution in [0.2, 0.25) is 0 Å². The molecule has 3 heteroatoms. The average molecular weight is 296 g/mol. The van der Waals surface area contributed by atoms with Gasteiger partial charge in [0.15, 0.2) is 0 Å². The topological polar surface area (TPSA) is 21.3 Å². The number of halogens is 1. The summed E-state index contributed by atoms with van der Waals surface area (Å²) in [4.78, 5) is 0. The Morgan fingerprint density at radius 3 is 2.82 bits per heavy atom. The standard InChI is InChI=1S/C14H18BrNO/c15-11-2-3-13-10(9-11)1-4-14(13)16-12-5-7-17-8-6-12/h2-3,9,12,14,16H,1,4-8H2. The van der Waals surface area contributed by atoms with Crippen molar-refractivity contribution in [2.45, 2.75) is 37.8 Å². The molecule has 1 fully saturated rings. The van der Waals surface area contributed by atoms with Crippen molar-refractivity contribution in [3.63, 3.8) is 0 Å². The van der Waals surface area contributed by atoms with Crippen LogP contribution in [0.1, 0.15) is 36.4 Å². The second kappa shape index (κ2) is 5.09. The predicted molar refractivity (Wildman–Crippen MR) is 72.2 cm³/mol. The molecule has 92 valence electrons. The van der Waals surface area contributed by atoms with Gasteiger partial charge in [0.1, 0.15) is 0 Å². The van der Waals surface area contributed by atoms with E-state index in [1.807, 2.05) is 0 Å². The molecule has 17 heavy (non-hydrogen) atoms. The summed E-state index contributed by atoms with van der Waals surface area (Å²) < 4.78 is 6.60. The zero-order valence-corrected chi connectivity index (χ0v) is 11.5. The van der Waals surface area contributed by atoms with Crippen molar-refractivity contribution < 1.29 is 4.74 Å². The van der Waals surface area contributed by atoms with Gasteiger partial charge in [-0.15, -0.1) is 0 Å². The highest BCUT2D eigenvalue weighted by molar-refractivity contribution is 9.10. The molecular formula is C14H18BrNO. The Balaban J connectivity index is 1.70. The fourth-order valence-corrected chi connectivity index (χ4v) is 3.32. The second-order valence-electron chi connectivity index (χ2n) is 4.99. The SMILES string of the molecule is Brc1ccc2c(c1)CCC2NC1CCOCC1. The summed E-state index contributed by atoms with van der Waals surface area (Å²) in [6.45, 7) is 1.83. The van der Waals surface area contributed by atoms with Gasteiger partial charge in [0.2, 0.25) is 0 Å². The van der Waals surface area contributed by atoms with Crippen molar-refractivity contribution >= 4 is 15.9 Å². The molecule has 0 spiro atoms. The number of hydrogen-bond acceptors (Lipinski definition) is 2. The van der Waals surface area contributed by atoms with Gasteiger partial charge in [-0.05, 0) is 48.9 Å². The summed E-state index contributed by atoms with van der Waals surface area (Å²) in [5.41, 5.74) is 3.00. The smallest absolute Gasteiger partial charge is 0.0480 e. The molecule has 2 nitrogen and oxygen atoms in total. The Morgan fingerprint density at radius 1 is 1.18 bits per heavy atom. The normalized spacial score (nSPS) is 24.9. The minimum Gasteiger partial charge on any atom is -0.381 e. The molecule has 1 aromatic carbocycles. The van der Waals surface area contributed by atoms with E-state index in [1.54, 1.807) is 0 Å². The third-order valence-electron chi connectivity index (χ3n) is 3.84. The van der Waals surface area contributed by atoms with Crippen molar-refractivity contribution in [1.29, 1.82) is 0 Å². The Kier molecular flexibility index (Phi) is 3.50. The first-order valence-electron chi connectivity index (χ1n) is 6.45. The van der Waals surface area contributed by atoms with E-state index in [0.29, 0.717) is 12.1 Å². The van der Waals surface area contributed by atoms with E-state index in [0.717, 1.165) is 26.1 Å². The van der Waals surface area contributed by atoms with Gasteiger partial charge >= 0.3 is 0 Å². The minimum absolute atomic E-state index is 0.557. The maximum absolute atomic E-state index is 5.40. The lowest BCUT2D eigenvalue weighted by molar-refractivity contribution is 0.0749. The van der Waals surface area contributed by atoms with Crippen molar-refractivity contribution in [2.75, 3.05) is 13.2 Å². The Labute approximate surface area is 111 Å². The van der Waals surface area contributed by atoms with Crippen molar-refractivity contribution in [2.24, 2.45) is 0 Å². The molecule has 1 heterocycles. The highest BCUT2D eigenvalue weighted by atomic mass is 79.9. The highest BCUT2D eigenvalue weighted by Gasteiger charge is 2.25. The van der Waals surface area contributed by atoms with E-state index in [2.05, 4.69) is 39.4 Å². The molecule has 0 radical (unpaired) electrons. The minimum atomic E-state index is 0.557. The van der Waals surface area contributed by atoms with E-state index in [4.69, 9.17) is 4.74 Å². The molecule has 0 amide bonds. The third-order valence-corrected chi connectivity index (χ3v) is 4.33. The first-order chi connectivity index (χ1) is 8.33. The number of benzene rings is 1. The number of aryl methyl sites for hydroxylation is 1. The van der Waals surface area contributed by atoms with Crippen molar-refractivity contribution in [3.05, 3.63) is 33.8 Å². The van der Waals surface area contributed by atoms with Gasteiger partial charge in [0, 0.05) is 29.8 Å². The summed E-state index contributed by atoms with van der Waals surface area (Å²) in [5, 5.41) is 3.80. The molecule has 1 aromatic rings. The van der Waals surface area contributed by atoms with Gasteiger partial charge in [-0.3, -0.25) is 0 Å². The van der Waals surface area contributed by atoms with Gasteiger partial charge in [0.05, 0.1) is 0 Å². The average Bonchev–Trinajstić information content (AvgIpc) is 2.73. The summed E-state index contributed by atoms with van der Waals surface area (Å²) in [6, 6.07) is 7.89. The maximum Gasteiger partial charge on any atom is 0.0480 e. The molecule has 1 saturated heterocycles.